The van der Waals surface area contributed by atoms with Crippen LogP contribution < -0.4 is 4.74 Å². The molecule has 1 fully saturated rings. The molecule has 0 bridgehead atoms. The summed E-state index contributed by atoms with van der Waals surface area (Å²) in [5, 5.41) is 8.18. The fourth-order valence-corrected chi connectivity index (χ4v) is 3.90. The van der Waals surface area contributed by atoms with Gasteiger partial charge in [0.15, 0.2) is 0 Å². The number of aromatic amines is 1. The first-order valence-electron chi connectivity index (χ1n) is 9.71. The van der Waals surface area contributed by atoms with Gasteiger partial charge >= 0.3 is 0 Å². The minimum absolute atomic E-state index is 0.175. The quantitative estimate of drug-likeness (QED) is 0.513. The predicted octanol–water partition coefficient (Wildman–Crippen LogP) is 3.43. The van der Waals surface area contributed by atoms with E-state index in [-0.39, 0.29) is 17.5 Å². The number of methoxy groups -OCH3 is 1. The lowest BCUT2D eigenvalue weighted by atomic mass is 10.1. The van der Waals surface area contributed by atoms with Crippen LogP contribution in [0.25, 0.3) is 16.7 Å². The number of fused-ring (bicyclic) bond motifs is 1. The van der Waals surface area contributed by atoms with Crippen LogP contribution in [0.1, 0.15) is 28.6 Å². The van der Waals surface area contributed by atoms with E-state index >= 15 is 0 Å². The molecule has 2 aromatic carbocycles. The number of carbonyl (C=O) groups is 1. The largest absolute Gasteiger partial charge is 0.497 e. The topological polar surface area (TPSA) is 88.9 Å². The number of halogens is 1. The highest BCUT2D eigenvalue weighted by molar-refractivity contribution is 5.98. The second-order valence-corrected chi connectivity index (χ2v) is 7.39. The van der Waals surface area contributed by atoms with Gasteiger partial charge in [-0.05, 0) is 36.8 Å². The van der Waals surface area contributed by atoms with Crippen LogP contribution in [0.5, 0.6) is 5.75 Å². The molecule has 0 spiro atoms. The van der Waals surface area contributed by atoms with Crippen LogP contribution in [0.15, 0.2) is 60.9 Å². The number of likely N-dealkylation sites (tertiary alicyclic amines) is 1. The fourth-order valence-electron chi connectivity index (χ4n) is 3.90. The van der Waals surface area contributed by atoms with E-state index < -0.39 is 5.82 Å². The van der Waals surface area contributed by atoms with Gasteiger partial charge in [0, 0.05) is 12.6 Å². The average molecular weight is 418 g/mol. The van der Waals surface area contributed by atoms with Gasteiger partial charge < -0.3 is 14.6 Å². The SMILES string of the molecule is C=C1CC(c2nc3cc(OC)ccc3[nH]2)N(C(=O)c2cc(F)ccc2-n2nccn2)C1. The summed E-state index contributed by atoms with van der Waals surface area (Å²) in [5.74, 6) is 0.494. The van der Waals surface area contributed by atoms with E-state index in [0.717, 1.165) is 16.6 Å². The van der Waals surface area contributed by atoms with E-state index in [1.807, 2.05) is 18.2 Å². The van der Waals surface area contributed by atoms with Gasteiger partial charge in [-0.15, -0.1) is 0 Å². The van der Waals surface area contributed by atoms with Gasteiger partial charge in [0.2, 0.25) is 0 Å². The Bertz CT molecular complexity index is 1300. The lowest BCUT2D eigenvalue weighted by molar-refractivity contribution is 0.0732. The van der Waals surface area contributed by atoms with Crippen molar-refractivity contribution in [2.45, 2.75) is 12.5 Å². The van der Waals surface area contributed by atoms with Gasteiger partial charge in [0.25, 0.3) is 5.91 Å². The molecule has 0 radical (unpaired) electrons. The van der Waals surface area contributed by atoms with E-state index in [1.54, 1.807) is 12.0 Å². The molecule has 8 nitrogen and oxygen atoms in total. The Morgan fingerprint density at radius 3 is 2.81 bits per heavy atom. The fraction of sp³-hybridized carbons (Fsp3) is 0.182. The molecule has 5 rings (SSSR count). The lowest BCUT2D eigenvalue weighted by Crippen LogP contribution is -2.32. The van der Waals surface area contributed by atoms with Crippen molar-refractivity contribution < 1.29 is 13.9 Å². The van der Waals surface area contributed by atoms with Gasteiger partial charge in [0.05, 0.1) is 47.8 Å². The molecule has 3 heterocycles. The Morgan fingerprint density at radius 2 is 2.03 bits per heavy atom. The number of aromatic nitrogens is 5. The second kappa shape index (κ2) is 7.35. The molecule has 0 saturated carbocycles. The third kappa shape index (κ3) is 3.33. The maximum atomic E-state index is 14.1. The minimum Gasteiger partial charge on any atom is -0.497 e. The predicted molar refractivity (Wildman–Crippen MR) is 111 cm³/mol. The molecule has 1 unspecified atom stereocenters. The normalized spacial score (nSPS) is 16.3. The van der Waals surface area contributed by atoms with Crippen LogP contribution in [0.3, 0.4) is 0 Å². The summed E-state index contributed by atoms with van der Waals surface area (Å²) in [6, 6.07) is 9.20. The van der Waals surface area contributed by atoms with Crippen LogP contribution >= 0.6 is 0 Å². The number of hydrogen-bond donors (Lipinski definition) is 1. The van der Waals surface area contributed by atoms with Gasteiger partial charge in [-0.25, -0.2) is 9.37 Å². The summed E-state index contributed by atoms with van der Waals surface area (Å²) in [6.07, 6.45) is 3.56. The molecular formula is C22H19FN6O2. The molecule has 9 heteroatoms. The molecule has 1 atom stereocenters. The summed E-state index contributed by atoms with van der Waals surface area (Å²) < 4.78 is 19.3. The zero-order valence-electron chi connectivity index (χ0n) is 16.7. The molecule has 1 aliphatic heterocycles. The number of amides is 1. The summed E-state index contributed by atoms with van der Waals surface area (Å²) in [6.45, 7) is 4.42. The van der Waals surface area contributed by atoms with E-state index in [0.29, 0.717) is 30.2 Å². The first-order chi connectivity index (χ1) is 15.0. The maximum absolute atomic E-state index is 14.1. The third-order valence-corrected chi connectivity index (χ3v) is 5.36. The van der Waals surface area contributed by atoms with Crippen molar-refractivity contribution in [2.24, 2.45) is 0 Å². The van der Waals surface area contributed by atoms with Crippen molar-refractivity contribution in [3.8, 4) is 11.4 Å². The van der Waals surface area contributed by atoms with Crippen molar-refractivity contribution in [3.05, 3.63) is 78.1 Å². The Labute approximate surface area is 177 Å². The highest BCUT2D eigenvalue weighted by Gasteiger charge is 2.36. The van der Waals surface area contributed by atoms with Crippen molar-refractivity contribution in [3.63, 3.8) is 0 Å². The Morgan fingerprint density at radius 1 is 1.23 bits per heavy atom. The Kier molecular flexibility index (Phi) is 4.50. The number of imidazole rings is 1. The van der Waals surface area contributed by atoms with Gasteiger partial charge in [-0.3, -0.25) is 4.79 Å². The minimum atomic E-state index is -0.510. The van der Waals surface area contributed by atoms with Crippen molar-refractivity contribution >= 4 is 16.9 Å². The number of H-pyrrole nitrogens is 1. The van der Waals surface area contributed by atoms with Gasteiger partial charge in [-0.2, -0.15) is 15.0 Å². The number of nitrogens with one attached hydrogen (secondary N) is 1. The van der Waals surface area contributed by atoms with Crippen LogP contribution in [0, 0.1) is 5.82 Å². The van der Waals surface area contributed by atoms with Crippen LogP contribution in [0.2, 0.25) is 0 Å². The monoisotopic (exact) mass is 418 g/mol. The number of ether oxygens (including phenoxy) is 1. The smallest absolute Gasteiger partial charge is 0.257 e. The van der Waals surface area contributed by atoms with E-state index in [9.17, 15) is 9.18 Å². The highest BCUT2D eigenvalue weighted by Crippen LogP contribution is 2.36. The number of nitrogens with zero attached hydrogens (tertiary/aromatic N) is 5. The molecule has 1 N–H and O–H groups in total. The molecule has 1 amide bonds. The molecule has 2 aromatic heterocycles. The number of hydrogen-bond acceptors (Lipinski definition) is 5. The summed E-state index contributed by atoms with van der Waals surface area (Å²) in [7, 11) is 1.60. The van der Waals surface area contributed by atoms with Crippen molar-refractivity contribution in [2.75, 3.05) is 13.7 Å². The molecule has 156 valence electrons. The lowest BCUT2D eigenvalue weighted by Gasteiger charge is -2.23. The first kappa shape index (κ1) is 19.0. The summed E-state index contributed by atoms with van der Waals surface area (Å²) in [4.78, 5) is 24.5. The maximum Gasteiger partial charge on any atom is 0.257 e. The molecule has 1 aliphatic rings. The standard InChI is InChI=1S/C22H19FN6O2/c1-13-9-20(21-26-17-5-4-15(31-2)11-18(17)27-21)28(12-13)22(30)16-10-14(23)3-6-19(16)29-24-7-8-25-29/h3-8,10-11,20H,1,9,12H2,2H3,(H,26,27). The van der Waals surface area contributed by atoms with Gasteiger partial charge in [0.1, 0.15) is 17.4 Å². The summed E-state index contributed by atoms with van der Waals surface area (Å²) in [5.41, 5.74) is 3.06. The molecular weight excluding hydrogens is 399 g/mol. The van der Waals surface area contributed by atoms with Crippen LogP contribution in [-0.2, 0) is 0 Å². The number of carbonyl (C=O) groups excluding carboxylic acids is 1. The van der Waals surface area contributed by atoms with E-state index in [4.69, 9.17) is 4.74 Å². The highest BCUT2D eigenvalue weighted by atomic mass is 19.1. The number of rotatable bonds is 4. The van der Waals surface area contributed by atoms with Crippen molar-refractivity contribution in [1.29, 1.82) is 0 Å². The summed E-state index contributed by atoms with van der Waals surface area (Å²) >= 11 is 0. The second-order valence-electron chi connectivity index (χ2n) is 7.39. The third-order valence-electron chi connectivity index (χ3n) is 5.36. The first-order valence-corrected chi connectivity index (χ1v) is 9.71. The van der Waals surface area contributed by atoms with E-state index in [1.165, 1.54) is 35.4 Å². The zero-order chi connectivity index (χ0) is 21.5. The molecule has 4 aromatic rings. The molecule has 0 aliphatic carbocycles. The molecule has 1 saturated heterocycles. The Balaban J connectivity index is 1.55. The van der Waals surface area contributed by atoms with Crippen molar-refractivity contribution in [1.82, 2.24) is 29.9 Å². The zero-order valence-corrected chi connectivity index (χ0v) is 16.7. The van der Waals surface area contributed by atoms with E-state index in [2.05, 4.69) is 26.7 Å². The molecule has 31 heavy (non-hydrogen) atoms. The van der Waals surface area contributed by atoms with Crippen LogP contribution in [-0.4, -0.2) is 49.4 Å². The Hall–Kier alpha value is -4.01. The average Bonchev–Trinajstić information content (AvgIpc) is 3.51. The van der Waals surface area contributed by atoms with Gasteiger partial charge in [-0.1, -0.05) is 12.2 Å². The van der Waals surface area contributed by atoms with Crippen LogP contribution in [0.4, 0.5) is 4.39 Å². The number of benzene rings is 2.